The molecule has 2 amide bonds. The van der Waals surface area contributed by atoms with Crippen LogP contribution < -0.4 is 9.80 Å². The number of ether oxygens (including phenoxy) is 2. The van der Waals surface area contributed by atoms with Crippen LogP contribution in [0.3, 0.4) is 0 Å². The second-order valence-electron chi connectivity index (χ2n) is 13.1. The first-order valence-electron chi connectivity index (χ1n) is 17.3. The Bertz CT molecular complexity index is 1250. The van der Waals surface area contributed by atoms with Gasteiger partial charge in [0.2, 0.25) is 5.91 Å². The minimum absolute atomic E-state index is 0.0896. The van der Waals surface area contributed by atoms with E-state index in [1.165, 1.54) is 0 Å². The Kier molecular flexibility index (Phi) is 11.8. The minimum atomic E-state index is -1.21. The van der Waals surface area contributed by atoms with Crippen molar-refractivity contribution < 1.29 is 29.0 Å². The topological polar surface area (TPSA) is 99.6 Å². The number of esters is 1. The largest absolute Gasteiger partial charge is 0.465 e. The van der Waals surface area contributed by atoms with Crippen LogP contribution in [0.1, 0.15) is 79.6 Å². The van der Waals surface area contributed by atoms with E-state index < -0.39 is 41.1 Å². The van der Waals surface area contributed by atoms with E-state index in [9.17, 15) is 14.7 Å². The zero-order chi connectivity index (χ0) is 33.6. The van der Waals surface area contributed by atoms with Crippen LogP contribution in [-0.2, 0) is 23.9 Å². The van der Waals surface area contributed by atoms with Gasteiger partial charge in [-0.15, -0.1) is 13.2 Å². The SMILES string of the molecule is C=CCCCCOC(=O)[C@@H]1[C@H]2C(=O)N([C@@H](CO)[C@@H](C)CC)C(C(=O)N(CC=C)c3ccc(N(CC)CC)cc3)C23CC[C@@]1(CC)O3. The van der Waals surface area contributed by atoms with Crippen molar-refractivity contribution >= 4 is 29.2 Å². The van der Waals surface area contributed by atoms with Crippen LogP contribution in [-0.4, -0.2) is 83.9 Å². The number of nitrogens with zero attached hydrogens (tertiary/aromatic N) is 3. The number of anilines is 2. The van der Waals surface area contributed by atoms with Gasteiger partial charge in [-0.05, 0) is 82.6 Å². The van der Waals surface area contributed by atoms with Crippen molar-refractivity contribution in [2.75, 3.05) is 42.6 Å². The molecule has 7 atom stereocenters. The third-order valence-corrected chi connectivity index (χ3v) is 10.9. The number of fused-ring (bicyclic) bond motifs is 1. The van der Waals surface area contributed by atoms with Gasteiger partial charge in [0.25, 0.3) is 5.91 Å². The molecule has 2 bridgehead atoms. The molecule has 1 N–H and O–H groups in total. The van der Waals surface area contributed by atoms with Crippen LogP contribution in [0.25, 0.3) is 0 Å². The van der Waals surface area contributed by atoms with Gasteiger partial charge in [0, 0.05) is 31.0 Å². The van der Waals surface area contributed by atoms with Gasteiger partial charge in [-0.2, -0.15) is 0 Å². The highest BCUT2D eigenvalue weighted by atomic mass is 16.6. The number of aliphatic hydroxyl groups is 1. The van der Waals surface area contributed by atoms with E-state index in [-0.39, 0.29) is 37.5 Å². The Hall–Kier alpha value is -3.17. The molecule has 0 aliphatic carbocycles. The highest BCUT2D eigenvalue weighted by Gasteiger charge is 2.79. The van der Waals surface area contributed by atoms with Crippen LogP contribution >= 0.6 is 0 Å². The lowest BCUT2D eigenvalue weighted by atomic mass is 9.65. The lowest BCUT2D eigenvalue weighted by Crippen LogP contribution is -2.60. The van der Waals surface area contributed by atoms with Gasteiger partial charge in [-0.3, -0.25) is 14.4 Å². The maximum Gasteiger partial charge on any atom is 0.312 e. The number of benzene rings is 1. The van der Waals surface area contributed by atoms with Gasteiger partial charge in [-0.1, -0.05) is 39.3 Å². The van der Waals surface area contributed by atoms with Gasteiger partial charge in [0.05, 0.1) is 30.8 Å². The first kappa shape index (κ1) is 35.7. The molecular formula is C37H55N3O6. The molecule has 3 aliphatic rings. The van der Waals surface area contributed by atoms with Crippen LogP contribution in [0.15, 0.2) is 49.6 Å². The van der Waals surface area contributed by atoms with Crippen LogP contribution in [0.5, 0.6) is 0 Å². The summed E-state index contributed by atoms with van der Waals surface area (Å²) in [6.07, 6.45) is 8.15. The second kappa shape index (κ2) is 15.2. The third kappa shape index (κ3) is 6.13. The molecule has 9 heteroatoms. The van der Waals surface area contributed by atoms with Crippen molar-refractivity contribution in [3.05, 3.63) is 49.6 Å². The summed E-state index contributed by atoms with van der Waals surface area (Å²) in [5.41, 5.74) is -0.354. The first-order chi connectivity index (χ1) is 22.1. The van der Waals surface area contributed by atoms with E-state index >= 15 is 4.79 Å². The summed E-state index contributed by atoms with van der Waals surface area (Å²) < 4.78 is 12.8. The van der Waals surface area contributed by atoms with Crippen molar-refractivity contribution in [3.63, 3.8) is 0 Å². The summed E-state index contributed by atoms with van der Waals surface area (Å²) in [6.45, 7) is 19.8. The predicted octanol–water partition coefficient (Wildman–Crippen LogP) is 5.51. The molecule has 3 saturated heterocycles. The van der Waals surface area contributed by atoms with Crippen LogP contribution in [0.2, 0.25) is 0 Å². The molecule has 0 saturated carbocycles. The molecule has 254 valence electrons. The zero-order valence-electron chi connectivity index (χ0n) is 28.6. The monoisotopic (exact) mass is 637 g/mol. The minimum Gasteiger partial charge on any atom is -0.465 e. The predicted molar refractivity (Wildman–Crippen MR) is 182 cm³/mol. The number of carbonyl (C=O) groups excluding carboxylic acids is 3. The fourth-order valence-corrected chi connectivity index (χ4v) is 8.15. The molecule has 2 unspecified atom stereocenters. The Labute approximate surface area is 275 Å². The van der Waals surface area contributed by atoms with E-state index in [0.29, 0.717) is 37.8 Å². The van der Waals surface area contributed by atoms with Gasteiger partial charge < -0.3 is 29.3 Å². The maximum absolute atomic E-state index is 15.0. The molecule has 3 fully saturated rings. The summed E-state index contributed by atoms with van der Waals surface area (Å²) in [5, 5.41) is 10.7. The number of aliphatic hydroxyl groups excluding tert-OH is 1. The molecule has 46 heavy (non-hydrogen) atoms. The maximum atomic E-state index is 15.0. The second-order valence-corrected chi connectivity index (χ2v) is 13.1. The number of amides is 2. The molecule has 3 heterocycles. The Morgan fingerprint density at radius 2 is 1.76 bits per heavy atom. The van der Waals surface area contributed by atoms with Crippen LogP contribution in [0.4, 0.5) is 11.4 Å². The molecule has 3 aliphatic heterocycles. The van der Waals surface area contributed by atoms with Gasteiger partial charge >= 0.3 is 5.97 Å². The lowest BCUT2D eigenvalue weighted by molar-refractivity contribution is -0.162. The normalized spacial score (nSPS) is 27.7. The van der Waals surface area contributed by atoms with Crippen molar-refractivity contribution in [1.82, 2.24) is 4.90 Å². The van der Waals surface area contributed by atoms with Crippen molar-refractivity contribution in [1.29, 1.82) is 0 Å². The fourth-order valence-electron chi connectivity index (χ4n) is 8.15. The Balaban J connectivity index is 1.78. The van der Waals surface area contributed by atoms with Crippen molar-refractivity contribution in [2.45, 2.75) is 103 Å². The molecule has 1 aromatic carbocycles. The number of rotatable bonds is 18. The van der Waals surface area contributed by atoms with E-state index in [0.717, 1.165) is 31.6 Å². The number of carbonyl (C=O) groups is 3. The van der Waals surface area contributed by atoms with E-state index in [2.05, 4.69) is 31.9 Å². The average molecular weight is 638 g/mol. The van der Waals surface area contributed by atoms with Crippen molar-refractivity contribution in [3.8, 4) is 0 Å². The Morgan fingerprint density at radius 3 is 2.33 bits per heavy atom. The van der Waals surface area contributed by atoms with Crippen molar-refractivity contribution in [2.24, 2.45) is 17.8 Å². The summed E-state index contributed by atoms with van der Waals surface area (Å²) >= 11 is 0. The molecular weight excluding hydrogens is 582 g/mol. The van der Waals surface area contributed by atoms with Gasteiger partial charge in [0.1, 0.15) is 17.6 Å². The third-order valence-electron chi connectivity index (χ3n) is 10.9. The van der Waals surface area contributed by atoms with E-state index in [4.69, 9.17) is 9.47 Å². The smallest absolute Gasteiger partial charge is 0.312 e. The Morgan fingerprint density at radius 1 is 1.09 bits per heavy atom. The number of allylic oxidation sites excluding steroid dienone is 1. The highest BCUT2D eigenvalue weighted by Crippen LogP contribution is 2.65. The summed E-state index contributed by atoms with van der Waals surface area (Å²) in [4.78, 5) is 49.1. The first-order valence-corrected chi connectivity index (χ1v) is 17.3. The number of hydrogen-bond donors (Lipinski definition) is 1. The molecule has 1 spiro atoms. The number of hydrogen-bond acceptors (Lipinski definition) is 7. The molecule has 1 aromatic rings. The zero-order valence-corrected chi connectivity index (χ0v) is 28.6. The number of likely N-dealkylation sites (tertiary alicyclic amines) is 1. The molecule has 9 nitrogen and oxygen atoms in total. The highest BCUT2D eigenvalue weighted by molar-refractivity contribution is 6.05. The fraction of sp³-hybridized carbons (Fsp3) is 0.649. The average Bonchev–Trinajstić information content (AvgIpc) is 3.68. The van der Waals surface area contributed by atoms with Gasteiger partial charge in [0.15, 0.2) is 0 Å². The van der Waals surface area contributed by atoms with E-state index in [1.54, 1.807) is 15.9 Å². The van der Waals surface area contributed by atoms with E-state index in [1.807, 2.05) is 51.1 Å². The number of unbranched alkanes of at least 4 members (excludes halogenated alkanes) is 2. The molecule has 4 rings (SSSR count). The molecule has 0 radical (unpaired) electrons. The summed E-state index contributed by atoms with van der Waals surface area (Å²) in [6, 6.07) is 6.23. The summed E-state index contributed by atoms with van der Waals surface area (Å²) in [5.74, 6) is -2.82. The van der Waals surface area contributed by atoms with Gasteiger partial charge in [-0.25, -0.2) is 0 Å². The van der Waals surface area contributed by atoms with Crippen LogP contribution in [0, 0.1) is 17.8 Å². The quantitative estimate of drug-likeness (QED) is 0.129. The summed E-state index contributed by atoms with van der Waals surface area (Å²) in [7, 11) is 0. The molecule has 0 aromatic heterocycles. The standard InChI is InChI=1S/C37H55N3O6/c1-8-14-15-16-24-45-35(44)31-30-33(42)40(29(25-41)26(7)10-3)32(37(30)22-21-36(31,11-4)46-37)34(43)39(23-9-2)28-19-17-27(18-20-28)38(12-5)13-6/h8-9,17-20,26,29-32,41H,1-2,10-16,21-25H2,3-7H3/t26-,29-,30-,31-,32?,36+,37?/m0/s1. The lowest BCUT2D eigenvalue weighted by Gasteiger charge is -2.41.